The molecule has 0 aliphatic carbocycles. The molecule has 3 amide bonds. The van der Waals surface area contributed by atoms with Crippen molar-refractivity contribution in [2.75, 3.05) is 44.6 Å². The van der Waals surface area contributed by atoms with Gasteiger partial charge in [0.1, 0.15) is 6.54 Å². The number of anilines is 1. The maximum atomic E-state index is 13.2. The normalized spacial score (nSPS) is 13.1. The second-order valence-corrected chi connectivity index (χ2v) is 8.15. The predicted octanol–water partition coefficient (Wildman–Crippen LogP) is 2.40. The molecule has 1 aliphatic heterocycles. The molecule has 0 atom stereocenters. The number of benzene rings is 2. The van der Waals surface area contributed by atoms with Crippen molar-refractivity contribution in [3.8, 4) is 0 Å². The SMILES string of the molecule is CC(=O)Nc1ccc(C(=O)N(CCc2ccccc2)CC(=O)N2CCNCC2)cc1.O=C(O)C(F)(F)F. The van der Waals surface area contributed by atoms with E-state index < -0.39 is 12.1 Å². The number of hydrogen-bond donors (Lipinski definition) is 3. The Morgan fingerprint density at radius 2 is 1.57 bits per heavy atom. The standard InChI is InChI=1S/C23H28N4O3.C2HF3O2/c1-18(28)25-21-9-7-20(8-10-21)23(30)27(14-11-19-5-3-2-4-6-19)17-22(29)26-15-12-24-13-16-26;3-2(4,5)1(6)7/h2-10,24H,11-17H2,1H3,(H,25,28);(H,6,7). The van der Waals surface area contributed by atoms with Gasteiger partial charge in [-0.1, -0.05) is 30.3 Å². The van der Waals surface area contributed by atoms with Gasteiger partial charge in [0.2, 0.25) is 11.8 Å². The van der Waals surface area contributed by atoms with E-state index in [2.05, 4.69) is 10.6 Å². The van der Waals surface area contributed by atoms with Crippen molar-refractivity contribution in [2.45, 2.75) is 19.5 Å². The summed E-state index contributed by atoms with van der Waals surface area (Å²) in [4.78, 5) is 49.5. The lowest BCUT2D eigenvalue weighted by Crippen LogP contribution is -2.50. The zero-order chi connectivity index (χ0) is 27.4. The molecule has 1 heterocycles. The first-order valence-electron chi connectivity index (χ1n) is 11.5. The molecule has 3 rings (SSSR count). The lowest BCUT2D eigenvalue weighted by molar-refractivity contribution is -0.192. The van der Waals surface area contributed by atoms with E-state index in [1.54, 1.807) is 34.1 Å². The molecule has 1 aliphatic rings. The summed E-state index contributed by atoms with van der Waals surface area (Å²) >= 11 is 0. The molecule has 0 aromatic heterocycles. The smallest absolute Gasteiger partial charge is 0.475 e. The van der Waals surface area contributed by atoms with Crippen LogP contribution in [0.15, 0.2) is 54.6 Å². The zero-order valence-electron chi connectivity index (χ0n) is 20.3. The Kier molecular flexibility index (Phi) is 11.1. The topological polar surface area (TPSA) is 119 Å². The summed E-state index contributed by atoms with van der Waals surface area (Å²) in [5, 5.41) is 13.0. The van der Waals surface area contributed by atoms with E-state index in [0.717, 1.165) is 18.7 Å². The van der Waals surface area contributed by atoms with E-state index >= 15 is 0 Å². The first-order valence-corrected chi connectivity index (χ1v) is 11.5. The van der Waals surface area contributed by atoms with Gasteiger partial charge in [0, 0.05) is 50.9 Å². The number of carboxylic acid groups (broad SMARTS) is 1. The molecule has 0 bridgehead atoms. The van der Waals surface area contributed by atoms with Crippen LogP contribution in [0.3, 0.4) is 0 Å². The molecule has 0 spiro atoms. The number of carboxylic acids is 1. The molecule has 2 aromatic rings. The highest BCUT2D eigenvalue weighted by atomic mass is 19.4. The minimum absolute atomic E-state index is 0.0345. The third-order valence-corrected chi connectivity index (χ3v) is 5.29. The molecular formula is C25H29F3N4O5. The monoisotopic (exact) mass is 522 g/mol. The highest BCUT2D eigenvalue weighted by Crippen LogP contribution is 2.14. The van der Waals surface area contributed by atoms with Crippen molar-refractivity contribution in [3.63, 3.8) is 0 Å². The van der Waals surface area contributed by atoms with E-state index in [-0.39, 0.29) is 24.3 Å². The van der Waals surface area contributed by atoms with Gasteiger partial charge in [0.25, 0.3) is 5.91 Å². The van der Waals surface area contributed by atoms with Crippen LogP contribution in [0.25, 0.3) is 0 Å². The van der Waals surface area contributed by atoms with Gasteiger partial charge in [-0.25, -0.2) is 4.79 Å². The number of nitrogens with zero attached hydrogens (tertiary/aromatic N) is 2. The van der Waals surface area contributed by atoms with Crippen LogP contribution in [-0.2, 0) is 20.8 Å². The van der Waals surface area contributed by atoms with Gasteiger partial charge in [0.05, 0.1) is 0 Å². The van der Waals surface area contributed by atoms with E-state index in [0.29, 0.717) is 37.3 Å². The minimum Gasteiger partial charge on any atom is -0.475 e. The van der Waals surface area contributed by atoms with E-state index in [9.17, 15) is 27.6 Å². The van der Waals surface area contributed by atoms with Crippen molar-refractivity contribution in [2.24, 2.45) is 0 Å². The molecule has 37 heavy (non-hydrogen) atoms. The van der Waals surface area contributed by atoms with E-state index in [4.69, 9.17) is 9.90 Å². The zero-order valence-corrected chi connectivity index (χ0v) is 20.3. The fourth-order valence-corrected chi connectivity index (χ4v) is 3.42. The highest BCUT2D eigenvalue weighted by molar-refractivity contribution is 5.97. The fourth-order valence-electron chi connectivity index (χ4n) is 3.42. The molecule has 2 aromatic carbocycles. The minimum atomic E-state index is -5.08. The third-order valence-electron chi connectivity index (χ3n) is 5.29. The van der Waals surface area contributed by atoms with Crippen molar-refractivity contribution in [1.29, 1.82) is 0 Å². The number of carbonyl (C=O) groups is 4. The number of carbonyl (C=O) groups excluding carboxylic acids is 3. The van der Waals surface area contributed by atoms with E-state index in [1.165, 1.54) is 6.92 Å². The van der Waals surface area contributed by atoms with Gasteiger partial charge in [-0.3, -0.25) is 14.4 Å². The molecule has 3 N–H and O–H groups in total. The van der Waals surface area contributed by atoms with Gasteiger partial charge in [-0.05, 0) is 36.2 Å². The maximum absolute atomic E-state index is 13.2. The van der Waals surface area contributed by atoms with Crippen LogP contribution in [-0.4, -0.2) is 84.0 Å². The summed E-state index contributed by atoms with van der Waals surface area (Å²) < 4.78 is 31.7. The van der Waals surface area contributed by atoms with Crippen LogP contribution in [0.5, 0.6) is 0 Å². The number of rotatable bonds is 7. The summed E-state index contributed by atoms with van der Waals surface area (Å²) in [6.45, 7) is 4.80. The molecule has 9 nitrogen and oxygen atoms in total. The van der Waals surface area contributed by atoms with Crippen LogP contribution in [0.2, 0.25) is 0 Å². The Bertz CT molecular complexity index is 1060. The summed E-state index contributed by atoms with van der Waals surface area (Å²) in [5.74, 6) is -3.15. The molecule has 0 unspecified atom stereocenters. The number of nitrogens with one attached hydrogen (secondary N) is 2. The number of aliphatic carboxylic acids is 1. The van der Waals surface area contributed by atoms with Crippen LogP contribution >= 0.6 is 0 Å². The number of amides is 3. The van der Waals surface area contributed by atoms with Crippen LogP contribution in [0.4, 0.5) is 18.9 Å². The Morgan fingerprint density at radius 1 is 1.00 bits per heavy atom. The highest BCUT2D eigenvalue weighted by Gasteiger charge is 2.38. The number of alkyl halides is 3. The average molecular weight is 523 g/mol. The quantitative estimate of drug-likeness (QED) is 0.514. The summed E-state index contributed by atoms with van der Waals surface area (Å²) in [6, 6.07) is 16.7. The van der Waals surface area contributed by atoms with Gasteiger partial charge >= 0.3 is 12.1 Å². The Labute approximate surface area is 212 Å². The van der Waals surface area contributed by atoms with Crippen molar-refractivity contribution in [1.82, 2.24) is 15.1 Å². The lowest BCUT2D eigenvalue weighted by Gasteiger charge is -2.30. The summed E-state index contributed by atoms with van der Waals surface area (Å²) in [5.41, 5.74) is 2.24. The Balaban J connectivity index is 0.000000604. The van der Waals surface area contributed by atoms with Gasteiger partial charge in [0.15, 0.2) is 0 Å². The molecule has 12 heteroatoms. The molecule has 200 valence electrons. The van der Waals surface area contributed by atoms with Crippen molar-refractivity contribution < 1.29 is 37.5 Å². The van der Waals surface area contributed by atoms with Crippen molar-refractivity contribution >= 4 is 29.4 Å². The predicted molar refractivity (Wildman–Crippen MR) is 130 cm³/mol. The van der Waals surface area contributed by atoms with E-state index in [1.807, 2.05) is 30.3 Å². The maximum Gasteiger partial charge on any atom is 0.490 e. The molecule has 0 saturated carbocycles. The molecule has 1 fully saturated rings. The molecule has 0 radical (unpaired) electrons. The second kappa shape index (κ2) is 14.0. The van der Waals surface area contributed by atoms with Crippen LogP contribution in [0, 0.1) is 0 Å². The van der Waals surface area contributed by atoms with Crippen LogP contribution in [0.1, 0.15) is 22.8 Å². The second-order valence-electron chi connectivity index (χ2n) is 8.15. The number of hydrogen-bond acceptors (Lipinski definition) is 5. The first kappa shape index (κ1) is 29.3. The fraction of sp³-hybridized carbons (Fsp3) is 0.360. The van der Waals surface area contributed by atoms with Gasteiger partial charge < -0.3 is 25.5 Å². The average Bonchev–Trinajstić information content (AvgIpc) is 2.87. The van der Waals surface area contributed by atoms with Crippen molar-refractivity contribution in [3.05, 3.63) is 65.7 Å². The Hall–Kier alpha value is -3.93. The molecular weight excluding hydrogens is 493 g/mol. The number of piperazine rings is 1. The summed E-state index contributed by atoms with van der Waals surface area (Å²) in [7, 11) is 0. The lowest BCUT2D eigenvalue weighted by atomic mass is 10.1. The summed E-state index contributed by atoms with van der Waals surface area (Å²) in [6.07, 6.45) is -4.41. The Morgan fingerprint density at radius 3 is 2.08 bits per heavy atom. The first-order chi connectivity index (χ1) is 17.5. The molecule has 1 saturated heterocycles. The largest absolute Gasteiger partial charge is 0.490 e. The van der Waals surface area contributed by atoms with Gasteiger partial charge in [-0.2, -0.15) is 13.2 Å². The third kappa shape index (κ3) is 10.3. The van der Waals surface area contributed by atoms with Crippen LogP contribution < -0.4 is 10.6 Å². The van der Waals surface area contributed by atoms with Gasteiger partial charge in [-0.15, -0.1) is 0 Å². The number of halogens is 3.